The van der Waals surface area contributed by atoms with Gasteiger partial charge in [0, 0.05) is 13.1 Å². The summed E-state index contributed by atoms with van der Waals surface area (Å²) in [6.45, 7) is 1.66. The normalized spacial score (nSPS) is 11.6. The molecule has 1 aromatic carbocycles. The van der Waals surface area contributed by atoms with E-state index in [1.54, 1.807) is 0 Å². The maximum atomic E-state index is 12.6. The zero-order chi connectivity index (χ0) is 16.0. The molecule has 0 spiro atoms. The molecule has 0 fully saturated rings. The maximum absolute atomic E-state index is 12.6. The van der Waals surface area contributed by atoms with E-state index in [-0.39, 0.29) is 35.9 Å². The van der Waals surface area contributed by atoms with E-state index in [0.717, 1.165) is 10.4 Å². The second-order valence-electron chi connectivity index (χ2n) is 4.30. The number of carbonyl (C=O) groups is 1. The van der Waals surface area contributed by atoms with Crippen molar-refractivity contribution in [2.24, 2.45) is 0 Å². The lowest BCUT2D eigenvalue weighted by molar-refractivity contribution is 0.0696. The summed E-state index contributed by atoms with van der Waals surface area (Å²) in [5, 5.41) is 18.0. The van der Waals surface area contributed by atoms with Gasteiger partial charge in [-0.25, -0.2) is 13.2 Å². The van der Waals surface area contributed by atoms with Crippen LogP contribution in [-0.2, 0) is 10.0 Å². The molecule has 0 saturated heterocycles. The highest BCUT2D eigenvalue weighted by Crippen LogP contribution is 2.28. The summed E-state index contributed by atoms with van der Waals surface area (Å²) < 4.78 is 31.3. The first-order valence-electron chi connectivity index (χ1n) is 6.40. The van der Waals surface area contributed by atoms with Crippen molar-refractivity contribution in [2.45, 2.75) is 18.2 Å². The number of hydrogen-bond acceptors (Lipinski definition) is 5. The van der Waals surface area contributed by atoms with E-state index in [4.69, 9.17) is 14.9 Å². The first kappa shape index (κ1) is 17.4. The van der Waals surface area contributed by atoms with Crippen molar-refractivity contribution >= 4 is 16.0 Å². The van der Waals surface area contributed by atoms with Crippen molar-refractivity contribution < 1.29 is 28.2 Å². The summed E-state index contributed by atoms with van der Waals surface area (Å²) >= 11 is 0. The number of carboxylic acids is 1. The van der Waals surface area contributed by atoms with Gasteiger partial charge < -0.3 is 14.9 Å². The van der Waals surface area contributed by atoms with E-state index in [2.05, 4.69) is 0 Å². The number of nitrogens with zero attached hydrogens (tertiary/aromatic N) is 1. The lowest BCUT2D eigenvalue weighted by atomic mass is 10.2. The number of hydrogen-bond donors (Lipinski definition) is 2. The van der Waals surface area contributed by atoms with Crippen LogP contribution in [0.25, 0.3) is 0 Å². The zero-order valence-corrected chi connectivity index (χ0v) is 12.8. The quantitative estimate of drug-likeness (QED) is 0.734. The van der Waals surface area contributed by atoms with Crippen molar-refractivity contribution in [2.75, 3.05) is 26.8 Å². The van der Waals surface area contributed by atoms with E-state index < -0.39 is 16.0 Å². The Labute approximate surface area is 123 Å². The predicted molar refractivity (Wildman–Crippen MR) is 76.1 cm³/mol. The van der Waals surface area contributed by atoms with Gasteiger partial charge in [0.25, 0.3) is 0 Å². The van der Waals surface area contributed by atoms with Crippen LogP contribution in [-0.4, -0.2) is 55.7 Å². The molecule has 0 radical (unpaired) electrons. The first-order chi connectivity index (χ1) is 9.88. The van der Waals surface area contributed by atoms with Crippen molar-refractivity contribution in [3.8, 4) is 5.75 Å². The standard InChI is InChI=1S/C13H19NO6S/c1-3-6-14(7-8-15)21(18,19)12-9-10(13(16)17)4-5-11(12)20-2/h4-5,9,15H,3,6-8H2,1-2H3,(H,16,17). The summed E-state index contributed by atoms with van der Waals surface area (Å²) in [5.41, 5.74) is -0.144. The van der Waals surface area contributed by atoms with Gasteiger partial charge in [-0.3, -0.25) is 0 Å². The molecule has 0 aliphatic heterocycles. The van der Waals surface area contributed by atoms with Crippen molar-refractivity contribution in [3.05, 3.63) is 23.8 Å². The summed E-state index contributed by atoms with van der Waals surface area (Å²) in [7, 11) is -2.63. The number of aliphatic hydroxyl groups is 1. The molecule has 0 saturated carbocycles. The highest BCUT2D eigenvalue weighted by atomic mass is 32.2. The molecule has 21 heavy (non-hydrogen) atoms. The molecule has 0 heterocycles. The fourth-order valence-corrected chi connectivity index (χ4v) is 3.57. The van der Waals surface area contributed by atoms with Crippen LogP contribution in [0.1, 0.15) is 23.7 Å². The van der Waals surface area contributed by atoms with Gasteiger partial charge in [-0.05, 0) is 24.6 Å². The van der Waals surface area contributed by atoms with Gasteiger partial charge in [0.2, 0.25) is 10.0 Å². The zero-order valence-electron chi connectivity index (χ0n) is 11.9. The number of aromatic carboxylic acids is 1. The molecule has 0 bridgehead atoms. The smallest absolute Gasteiger partial charge is 0.335 e. The van der Waals surface area contributed by atoms with Crippen LogP contribution >= 0.6 is 0 Å². The topological polar surface area (TPSA) is 104 Å². The number of ether oxygens (including phenoxy) is 1. The molecule has 0 unspecified atom stereocenters. The average molecular weight is 317 g/mol. The lowest BCUT2D eigenvalue weighted by Crippen LogP contribution is -2.34. The number of carboxylic acid groups (broad SMARTS) is 1. The lowest BCUT2D eigenvalue weighted by Gasteiger charge is -2.22. The number of methoxy groups -OCH3 is 1. The Kier molecular flexibility index (Phi) is 6.13. The van der Waals surface area contributed by atoms with Crippen molar-refractivity contribution in [3.63, 3.8) is 0 Å². The maximum Gasteiger partial charge on any atom is 0.335 e. The van der Waals surface area contributed by atoms with Crippen LogP contribution < -0.4 is 4.74 Å². The summed E-state index contributed by atoms with van der Waals surface area (Å²) in [4.78, 5) is 10.8. The Morgan fingerprint density at radius 2 is 2.00 bits per heavy atom. The number of rotatable bonds is 8. The molecule has 8 heteroatoms. The first-order valence-corrected chi connectivity index (χ1v) is 7.84. The number of sulfonamides is 1. The molecule has 7 nitrogen and oxygen atoms in total. The molecule has 0 aliphatic rings. The van der Waals surface area contributed by atoms with Gasteiger partial charge in [0.05, 0.1) is 19.3 Å². The van der Waals surface area contributed by atoms with E-state index in [9.17, 15) is 13.2 Å². The van der Waals surface area contributed by atoms with Crippen LogP contribution in [0.2, 0.25) is 0 Å². The molecule has 2 N–H and O–H groups in total. The minimum atomic E-state index is -3.94. The van der Waals surface area contributed by atoms with E-state index in [0.29, 0.717) is 6.42 Å². The number of aliphatic hydroxyl groups excluding tert-OH is 1. The second-order valence-corrected chi connectivity index (χ2v) is 6.20. The highest BCUT2D eigenvalue weighted by Gasteiger charge is 2.27. The monoisotopic (exact) mass is 317 g/mol. The minimum Gasteiger partial charge on any atom is -0.495 e. The summed E-state index contributed by atoms with van der Waals surface area (Å²) in [5.74, 6) is -1.16. The molecule has 0 atom stereocenters. The third kappa shape index (κ3) is 3.93. The predicted octanol–water partition coefficient (Wildman–Crippen LogP) is 0.786. The van der Waals surface area contributed by atoms with E-state index >= 15 is 0 Å². The van der Waals surface area contributed by atoms with Gasteiger partial charge in [-0.2, -0.15) is 4.31 Å². The summed E-state index contributed by atoms with van der Waals surface area (Å²) in [6.07, 6.45) is 0.570. The Morgan fingerprint density at radius 1 is 1.33 bits per heavy atom. The molecule has 118 valence electrons. The van der Waals surface area contributed by atoms with Gasteiger partial charge in [-0.15, -0.1) is 0 Å². The second kappa shape index (κ2) is 7.39. The molecule has 0 aromatic heterocycles. The van der Waals surface area contributed by atoms with Gasteiger partial charge in [-0.1, -0.05) is 6.92 Å². The molecule has 0 amide bonds. The largest absolute Gasteiger partial charge is 0.495 e. The van der Waals surface area contributed by atoms with Crippen LogP contribution in [0.4, 0.5) is 0 Å². The van der Waals surface area contributed by atoms with Gasteiger partial charge >= 0.3 is 5.97 Å². The Hall–Kier alpha value is -1.64. The van der Waals surface area contributed by atoms with Crippen LogP contribution in [0.15, 0.2) is 23.1 Å². The van der Waals surface area contributed by atoms with Crippen LogP contribution in [0.5, 0.6) is 5.75 Å². The van der Waals surface area contributed by atoms with E-state index in [1.807, 2.05) is 6.92 Å². The Bertz CT molecular complexity index is 593. The molecular weight excluding hydrogens is 298 g/mol. The molecule has 1 aromatic rings. The fourth-order valence-electron chi connectivity index (χ4n) is 1.86. The van der Waals surface area contributed by atoms with Crippen molar-refractivity contribution in [1.29, 1.82) is 0 Å². The minimum absolute atomic E-state index is 0.0589. The van der Waals surface area contributed by atoms with E-state index in [1.165, 1.54) is 19.2 Å². The van der Waals surface area contributed by atoms with Crippen molar-refractivity contribution in [1.82, 2.24) is 4.31 Å². The highest BCUT2D eigenvalue weighted by molar-refractivity contribution is 7.89. The molecule has 1 rings (SSSR count). The fraction of sp³-hybridized carbons (Fsp3) is 0.462. The van der Waals surface area contributed by atoms with Crippen LogP contribution in [0.3, 0.4) is 0 Å². The SMILES string of the molecule is CCCN(CCO)S(=O)(=O)c1cc(C(=O)O)ccc1OC. The van der Waals surface area contributed by atoms with Crippen LogP contribution in [0, 0.1) is 0 Å². The molecular formula is C13H19NO6S. The van der Waals surface area contributed by atoms with Gasteiger partial charge in [0.15, 0.2) is 0 Å². The average Bonchev–Trinajstić information content (AvgIpc) is 2.46. The molecule has 0 aliphatic carbocycles. The Balaban J connectivity index is 3.39. The van der Waals surface area contributed by atoms with Gasteiger partial charge in [0.1, 0.15) is 10.6 Å². The Morgan fingerprint density at radius 3 is 2.48 bits per heavy atom. The third-order valence-electron chi connectivity index (χ3n) is 2.85. The third-order valence-corrected chi connectivity index (χ3v) is 4.77. The summed E-state index contributed by atoms with van der Waals surface area (Å²) in [6, 6.07) is 3.65. The number of benzene rings is 1.